The van der Waals surface area contributed by atoms with E-state index in [2.05, 4.69) is 19.1 Å². The van der Waals surface area contributed by atoms with E-state index in [9.17, 15) is 9.59 Å². The minimum atomic E-state index is -0.362. The summed E-state index contributed by atoms with van der Waals surface area (Å²) in [5.74, 6) is -0.432. The standard InChI is InChI=1S/C22H22N2O3/c1-14-11-15(2)20-18(12-14)17-9-10-23(16-7-5-4-6-8-16)22(26)21(17)24(20)13-19(25)27-3/h4-8,11-12H,9-10,13H2,1-3H3. The average molecular weight is 362 g/mol. The van der Waals surface area contributed by atoms with Gasteiger partial charge in [-0.05, 0) is 49.6 Å². The van der Waals surface area contributed by atoms with Crippen LogP contribution in [-0.4, -0.2) is 30.1 Å². The van der Waals surface area contributed by atoms with Crippen molar-refractivity contribution in [3.8, 4) is 0 Å². The number of amides is 1. The van der Waals surface area contributed by atoms with Crippen LogP contribution in [0.15, 0.2) is 42.5 Å². The van der Waals surface area contributed by atoms with E-state index in [1.807, 2.05) is 41.8 Å². The number of carbonyl (C=O) groups is 2. The number of rotatable bonds is 3. The number of anilines is 1. The molecule has 4 rings (SSSR count). The van der Waals surface area contributed by atoms with Gasteiger partial charge in [-0.15, -0.1) is 0 Å². The number of ether oxygens (including phenoxy) is 1. The second-order valence-corrected chi connectivity index (χ2v) is 7.01. The van der Waals surface area contributed by atoms with Gasteiger partial charge in [0.05, 0.1) is 12.6 Å². The van der Waals surface area contributed by atoms with Gasteiger partial charge in [-0.2, -0.15) is 0 Å². The maximum atomic E-state index is 13.4. The summed E-state index contributed by atoms with van der Waals surface area (Å²) in [6.07, 6.45) is 0.754. The molecule has 0 bridgehead atoms. The lowest BCUT2D eigenvalue weighted by Gasteiger charge is -2.28. The first-order chi connectivity index (χ1) is 13.0. The summed E-state index contributed by atoms with van der Waals surface area (Å²) in [5, 5.41) is 1.06. The van der Waals surface area contributed by atoms with E-state index in [0.717, 1.165) is 39.7 Å². The van der Waals surface area contributed by atoms with E-state index in [-0.39, 0.29) is 18.4 Å². The van der Waals surface area contributed by atoms with Crippen molar-refractivity contribution in [1.29, 1.82) is 0 Å². The van der Waals surface area contributed by atoms with Gasteiger partial charge < -0.3 is 14.2 Å². The number of methoxy groups -OCH3 is 1. The zero-order valence-electron chi connectivity index (χ0n) is 15.8. The smallest absolute Gasteiger partial charge is 0.325 e. The van der Waals surface area contributed by atoms with Gasteiger partial charge in [-0.1, -0.05) is 29.8 Å². The minimum Gasteiger partial charge on any atom is -0.468 e. The lowest BCUT2D eigenvalue weighted by atomic mass is 10.00. The summed E-state index contributed by atoms with van der Waals surface area (Å²) in [5.41, 5.74) is 5.64. The molecule has 1 aliphatic rings. The van der Waals surface area contributed by atoms with Gasteiger partial charge in [-0.25, -0.2) is 0 Å². The van der Waals surface area contributed by atoms with Crippen molar-refractivity contribution in [1.82, 2.24) is 4.57 Å². The molecule has 0 N–H and O–H groups in total. The molecule has 0 saturated carbocycles. The molecule has 0 saturated heterocycles. The first kappa shape index (κ1) is 17.3. The summed E-state index contributed by atoms with van der Waals surface area (Å²) in [6.45, 7) is 4.73. The monoisotopic (exact) mass is 362 g/mol. The van der Waals surface area contributed by atoms with Crippen molar-refractivity contribution in [2.24, 2.45) is 0 Å². The third-order valence-corrected chi connectivity index (χ3v) is 5.21. The number of hydrogen-bond acceptors (Lipinski definition) is 3. The molecule has 0 radical (unpaired) electrons. The number of nitrogens with zero attached hydrogens (tertiary/aromatic N) is 2. The number of benzene rings is 2. The van der Waals surface area contributed by atoms with Crippen molar-refractivity contribution >= 4 is 28.5 Å². The Morgan fingerprint density at radius 3 is 2.59 bits per heavy atom. The average Bonchev–Trinajstić information content (AvgIpc) is 2.97. The molecule has 138 valence electrons. The second-order valence-electron chi connectivity index (χ2n) is 7.01. The van der Waals surface area contributed by atoms with E-state index >= 15 is 0 Å². The number of hydrogen-bond donors (Lipinski definition) is 0. The Morgan fingerprint density at radius 2 is 1.89 bits per heavy atom. The summed E-state index contributed by atoms with van der Waals surface area (Å²) in [7, 11) is 1.37. The Morgan fingerprint density at radius 1 is 1.15 bits per heavy atom. The van der Waals surface area contributed by atoms with Crippen molar-refractivity contribution < 1.29 is 14.3 Å². The number of aromatic nitrogens is 1. The first-order valence-corrected chi connectivity index (χ1v) is 9.07. The van der Waals surface area contributed by atoms with Crippen molar-refractivity contribution in [3.05, 3.63) is 64.8 Å². The maximum Gasteiger partial charge on any atom is 0.325 e. The van der Waals surface area contributed by atoms with E-state index in [0.29, 0.717) is 12.2 Å². The summed E-state index contributed by atoms with van der Waals surface area (Å²) >= 11 is 0. The molecule has 3 aromatic rings. The van der Waals surface area contributed by atoms with Crippen LogP contribution in [0.5, 0.6) is 0 Å². The molecule has 5 nitrogen and oxygen atoms in total. The summed E-state index contributed by atoms with van der Waals surface area (Å²) in [6, 6.07) is 13.9. The first-order valence-electron chi connectivity index (χ1n) is 9.07. The highest BCUT2D eigenvalue weighted by molar-refractivity contribution is 6.11. The number of esters is 1. The molecule has 0 spiro atoms. The predicted octanol–water partition coefficient (Wildman–Crippen LogP) is 3.63. The van der Waals surface area contributed by atoms with Crippen molar-refractivity contribution in [2.75, 3.05) is 18.6 Å². The van der Waals surface area contributed by atoms with E-state index in [1.54, 1.807) is 4.90 Å². The highest BCUT2D eigenvalue weighted by Gasteiger charge is 2.32. The molecule has 27 heavy (non-hydrogen) atoms. The van der Waals surface area contributed by atoms with E-state index < -0.39 is 0 Å². The third-order valence-electron chi connectivity index (χ3n) is 5.21. The Hall–Kier alpha value is -3.08. The van der Waals surface area contributed by atoms with Gasteiger partial charge >= 0.3 is 5.97 Å². The molecule has 1 aromatic heterocycles. The fourth-order valence-electron chi connectivity index (χ4n) is 4.11. The van der Waals surface area contributed by atoms with Crippen LogP contribution in [0.4, 0.5) is 5.69 Å². The van der Waals surface area contributed by atoms with Crippen LogP contribution in [-0.2, 0) is 22.5 Å². The van der Waals surface area contributed by atoms with Gasteiger partial charge in [0, 0.05) is 17.6 Å². The largest absolute Gasteiger partial charge is 0.468 e. The Kier molecular flexibility index (Phi) is 4.22. The number of para-hydroxylation sites is 1. The van der Waals surface area contributed by atoms with Crippen molar-refractivity contribution in [2.45, 2.75) is 26.8 Å². The number of fused-ring (bicyclic) bond motifs is 3. The lowest BCUT2D eigenvalue weighted by Crippen LogP contribution is -2.39. The van der Waals surface area contributed by atoms with Crippen molar-refractivity contribution in [3.63, 3.8) is 0 Å². The van der Waals surface area contributed by atoms with Gasteiger partial charge in [0.1, 0.15) is 12.2 Å². The van der Waals surface area contributed by atoms with Crippen LogP contribution < -0.4 is 4.90 Å². The summed E-state index contributed by atoms with van der Waals surface area (Å²) in [4.78, 5) is 27.3. The van der Waals surface area contributed by atoms with E-state index in [4.69, 9.17) is 4.74 Å². The normalized spacial score (nSPS) is 13.7. The maximum absolute atomic E-state index is 13.4. The summed E-state index contributed by atoms with van der Waals surface area (Å²) < 4.78 is 6.73. The van der Waals surface area contributed by atoms with Gasteiger partial charge in [0.25, 0.3) is 5.91 Å². The molecule has 0 atom stereocenters. The highest BCUT2D eigenvalue weighted by Crippen LogP contribution is 2.35. The molecule has 0 aliphatic carbocycles. The molecular formula is C22H22N2O3. The van der Waals surface area contributed by atoms with E-state index in [1.165, 1.54) is 7.11 Å². The van der Waals surface area contributed by atoms with Crippen LogP contribution in [0.2, 0.25) is 0 Å². The molecule has 0 fully saturated rings. The number of carbonyl (C=O) groups excluding carboxylic acids is 2. The Balaban J connectivity index is 1.94. The molecule has 2 heterocycles. The third kappa shape index (κ3) is 2.79. The molecular weight excluding hydrogens is 340 g/mol. The quantitative estimate of drug-likeness (QED) is 0.669. The van der Waals surface area contributed by atoms with Crippen LogP contribution in [0.25, 0.3) is 10.9 Å². The Labute approximate surface area is 158 Å². The fraction of sp³-hybridized carbons (Fsp3) is 0.273. The molecule has 2 aromatic carbocycles. The van der Waals surface area contributed by atoms with Crippen LogP contribution in [0.3, 0.4) is 0 Å². The van der Waals surface area contributed by atoms with Gasteiger partial charge in [0.2, 0.25) is 0 Å². The predicted molar refractivity (Wildman–Crippen MR) is 105 cm³/mol. The van der Waals surface area contributed by atoms with Gasteiger partial charge in [-0.3, -0.25) is 9.59 Å². The number of aryl methyl sites for hydroxylation is 2. The zero-order chi connectivity index (χ0) is 19.1. The van der Waals surface area contributed by atoms with Crippen LogP contribution in [0.1, 0.15) is 27.2 Å². The lowest BCUT2D eigenvalue weighted by molar-refractivity contribution is -0.141. The molecule has 0 unspecified atom stereocenters. The minimum absolute atomic E-state index is 0.0284. The zero-order valence-corrected chi connectivity index (χ0v) is 15.8. The van der Waals surface area contributed by atoms with Crippen LogP contribution in [0, 0.1) is 13.8 Å². The highest BCUT2D eigenvalue weighted by atomic mass is 16.5. The second kappa shape index (κ2) is 6.58. The SMILES string of the molecule is COC(=O)Cn1c2c(c3cc(C)cc(C)c31)CCN(c1ccccc1)C2=O. The molecule has 1 aliphatic heterocycles. The molecule has 5 heteroatoms. The fourth-order valence-corrected chi connectivity index (χ4v) is 4.11. The van der Waals surface area contributed by atoms with Crippen LogP contribution >= 0.6 is 0 Å². The van der Waals surface area contributed by atoms with Gasteiger partial charge in [0.15, 0.2) is 0 Å². The molecule has 1 amide bonds. The Bertz CT molecular complexity index is 1050. The topological polar surface area (TPSA) is 51.5 Å².